The number of carbonyl (C=O) groups is 1. The number of benzene rings is 2. The monoisotopic (exact) mass is 334 g/mol. The Morgan fingerprint density at radius 3 is 2.45 bits per heavy atom. The molecule has 0 unspecified atom stereocenters. The fourth-order valence-corrected chi connectivity index (χ4v) is 2.10. The van der Waals surface area contributed by atoms with Crippen molar-refractivity contribution < 1.29 is 19.0 Å². The summed E-state index contributed by atoms with van der Waals surface area (Å²) in [4.78, 5) is 12.1. The van der Waals surface area contributed by atoms with Crippen LogP contribution in [0.1, 0.15) is 10.4 Å². The molecular weight excluding hydrogens is 324 g/mol. The van der Waals surface area contributed by atoms with Gasteiger partial charge in [-0.3, -0.25) is 0 Å². The van der Waals surface area contributed by atoms with Crippen LogP contribution in [0.2, 0.25) is 0 Å². The van der Waals surface area contributed by atoms with Gasteiger partial charge < -0.3 is 14.2 Å². The number of hydrogen-bond acceptors (Lipinski definition) is 4. The summed E-state index contributed by atoms with van der Waals surface area (Å²) in [6, 6.07) is 12.1. The molecule has 0 bridgehead atoms. The van der Waals surface area contributed by atoms with Gasteiger partial charge in [0, 0.05) is 4.47 Å². The van der Waals surface area contributed by atoms with Crippen LogP contribution in [-0.4, -0.2) is 19.2 Å². The molecule has 20 heavy (non-hydrogen) atoms. The first-order valence-corrected chi connectivity index (χ1v) is 6.89. The third-order valence-corrected chi connectivity index (χ3v) is 3.33. The molecule has 0 N–H and O–H groups in total. The van der Waals surface area contributed by atoms with Gasteiger partial charge in [0.15, 0.2) is 11.5 Å². The minimum atomic E-state index is -0.427. The molecule has 1 heterocycles. The highest BCUT2D eigenvalue weighted by Gasteiger charge is 2.16. The fourth-order valence-electron chi connectivity index (χ4n) is 1.84. The quantitative estimate of drug-likeness (QED) is 0.623. The summed E-state index contributed by atoms with van der Waals surface area (Å²) >= 11 is 3.33. The molecule has 0 spiro atoms. The van der Waals surface area contributed by atoms with E-state index in [2.05, 4.69) is 15.9 Å². The Labute approximate surface area is 124 Å². The van der Waals surface area contributed by atoms with Gasteiger partial charge in [-0.15, -0.1) is 0 Å². The Kier molecular flexibility index (Phi) is 3.60. The first kappa shape index (κ1) is 13.0. The minimum Gasteiger partial charge on any atom is -0.486 e. The molecule has 0 fully saturated rings. The highest BCUT2D eigenvalue weighted by atomic mass is 79.9. The van der Waals surface area contributed by atoms with E-state index in [1.54, 1.807) is 30.3 Å². The van der Waals surface area contributed by atoms with Crippen molar-refractivity contribution in [3.8, 4) is 17.2 Å². The van der Waals surface area contributed by atoms with Crippen molar-refractivity contribution in [2.24, 2.45) is 0 Å². The molecule has 2 aromatic rings. The maximum absolute atomic E-state index is 12.1. The Balaban J connectivity index is 1.78. The van der Waals surface area contributed by atoms with Gasteiger partial charge >= 0.3 is 5.97 Å². The lowest BCUT2D eigenvalue weighted by Crippen LogP contribution is -2.16. The maximum Gasteiger partial charge on any atom is 0.343 e. The number of esters is 1. The molecule has 2 aromatic carbocycles. The van der Waals surface area contributed by atoms with Crippen molar-refractivity contribution in [3.63, 3.8) is 0 Å². The molecule has 1 aliphatic heterocycles. The highest BCUT2D eigenvalue weighted by molar-refractivity contribution is 9.10. The van der Waals surface area contributed by atoms with E-state index in [1.807, 2.05) is 12.1 Å². The van der Waals surface area contributed by atoms with Gasteiger partial charge in [-0.2, -0.15) is 0 Å². The molecule has 0 aliphatic carbocycles. The summed E-state index contributed by atoms with van der Waals surface area (Å²) in [5.41, 5.74) is 0.428. The van der Waals surface area contributed by atoms with Crippen LogP contribution in [0.25, 0.3) is 0 Å². The van der Waals surface area contributed by atoms with Crippen LogP contribution in [0.4, 0.5) is 0 Å². The Bertz CT molecular complexity index is 637. The lowest BCUT2D eigenvalue weighted by atomic mass is 10.2. The summed E-state index contributed by atoms with van der Waals surface area (Å²) in [5.74, 6) is 1.29. The third kappa shape index (κ3) is 2.77. The van der Waals surface area contributed by atoms with Crippen LogP contribution < -0.4 is 14.2 Å². The molecule has 4 nitrogen and oxygen atoms in total. The molecule has 0 aromatic heterocycles. The van der Waals surface area contributed by atoms with E-state index >= 15 is 0 Å². The zero-order valence-electron chi connectivity index (χ0n) is 10.5. The first-order chi connectivity index (χ1) is 9.72. The number of halogens is 1. The minimum absolute atomic E-state index is 0.427. The molecule has 0 atom stereocenters. The smallest absolute Gasteiger partial charge is 0.343 e. The van der Waals surface area contributed by atoms with Crippen LogP contribution >= 0.6 is 15.9 Å². The van der Waals surface area contributed by atoms with Crippen molar-refractivity contribution in [2.45, 2.75) is 0 Å². The molecule has 0 saturated carbocycles. The molecule has 1 aliphatic rings. The molecule has 0 saturated heterocycles. The summed E-state index contributed by atoms with van der Waals surface area (Å²) in [6.45, 7) is 1.01. The van der Waals surface area contributed by atoms with Crippen LogP contribution in [-0.2, 0) is 0 Å². The molecular formula is C15H11BrO4. The lowest BCUT2D eigenvalue weighted by molar-refractivity contribution is 0.0733. The van der Waals surface area contributed by atoms with Gasteiger partial charge in [0.2, 0.25) is 0 Å². The van der Waals surface area contributed by atoms with Crippen LogP contribution in [0.3, 0.4) is 0 Å². The van der Waals surface area contributed by atoms with Gasteiger partial charge in [0.05, 0.1) is 5.56 Å². The number of hydrogen-bond donors (Lipinski definition) is 0. The molecule has 102 valence electrons. The first-order valence-electron chi connectivity index (χ1n) is 6.10. The van der Waals surface area contributed by atoms with Gasteiger partial charge in [-0.25, -0.2) is 4.79 Å². The average Bonchev–Trinajstić information content (AvgIpc) is 2.49. The second-order valence-corrected chi connectivity index (χ2v) is 5.12. The van der Waals surface area contributed by atoms with Crippen molar-refractivity contribution >= 4 is 21.9 Å². The van der Waals surface area contributed by atoms with E-state index in [1.165, 1.54) is 0 Å². The highest BCUT2D eigenvalue weighted by Crippen LogP contribution is 2.31. The van der Waals surface area contributed by atoms with Gasteiger partial charge in [-0.1, -0.05) is 15.9 Å². The van der Waals surface area contributed by atoms with E-state index in [4.69, 9.17) is 14.2 Å². The molecule has 0 radical (unpaired) electrons. The standard InChI is InChI=1S/C15H11BrO4/c16-11-2-4-12(5-3-11)20-15(17)10-1-6-13-14(9-10)19-8-7-18-13/h1-6,9H,7-8H2. The maximum atomic E-state index is 12.1. The Morgan fingerprint density at radius 2 is 1.70 bits per heavy atom. The summed E-state index contributed by atoms with van der Waals surface area (Å²) in [7, 11) is 0. The van der Waals surface area contributed by atoms with Crippen LogP contribution in [0, 0.1) is 0 Å². The number of fused-ring (bicyclic) bond motifs is 1. The predicted octanol–water partition coefficient (Wildman–Crippen LogP) is 3.44. The number of ether oxygens (including phenoxy) is 3. The second kappa shape index (κ2) is 5.54. The normalized spacial score (nSPS) is 12.8. The van der Waals surface area contributed by atoms with Crippen molar-refractivity contribution in [1.82, 2.24) is 0 Å². The summed E-state index contributed by atoms with van der Waals surface area (Å²) in [6.07, 6.45) is 0. The van der Waals surface area contributed by atoms with Crippen molar-refractivity contribution in [1.29, 1.82) is 0 Å². The lowest BCUT2D eigenvalue weighted by Gasteiger charge is -2.18. The Hall–Kier alpha value is -2.01. The number of carbonyl (C=O) groups excluding carboxylic acids is 1. The molecule has 0 amide bonds. The van der Waals surface area contributed by atoms with Crippen molar-refractivity contribution in [3.05, 3.63) is 52.5 Å². The SMILES string of the molecule is O=C(Oc1ccc(Br)cc1)c1ccc2c(c1)OCCO2. The third-order valence-electron chi connectivity index (χ3n) is 2.80. The second-order valence-electron chi connectivity index (χ2n) is 4.20. The number of rotatable bonds is 2. The zero-order valence-corrected chi connectivity index (χ0v) is 12.1. The van der Waals surface area contributed by atoms with Crippen LogP contribution in [0.15, 0.2) is 46.9 Å². The zero-order chi connectivity index (χ0) is 13.9. The van der Waals surface area contributed by atoms with E-state index in [0.29, 0.717) is 36.0 Å². The Morgan fingerprint density at radius 1 is 1.00 bits per heavy atom. The van der Waals surface area contributed by atoms with Gasteiger partial charge in [0.1, 0.15) is 19.0 Å². The fraction of sp³-hybridized carbons (Fsp3) is 0.133. The molecule has 5 heteroatoms. The average molecular weight is 335 g/mol. The topological polar surface area (TPSA) is 44.8 Å². The van der Waals surface area contributed by atoms with E-state index in [0.717, 1.165) is 4.47 Å². The van der Waals surface area contributed by atoms with Gasteiger partial charge in [-0.05, 0) is 42.5 Å². The van der Waals surface area contributed by atoms with E-state index in [9.17, 15) is 4.79 Å². The predicted molar refractivity (Wildman–Crippen MR) is 76.5 cm³/mol. The largest absolute Gasteiger partial charge is 0.486 e. The summed E-state index contributed by atoms with van der Waals surface area (Å²) < 4.78 is 17.1. The molecule has 3 rings (SSSR count). The summed E-state index contributed by atoms with van der Waals surface area (Å²) in [5, 5.41) is 0. The van der Waals surface area contributed by atoms with Gasteiger partial charge in [0.25, 0.3) is 0 Å². The van der Waals surface area contributed by atoms with E-state index < -0.39 is 5.97 Å². The van der Waals surface area contributed by atoms with E-state index in [-0.39, 0.29) is 0 Å². The van der Waals surface area contributed by atoms with Crippen molar-refractivity contribution in [2.75, 3.05) is 13.2 Å². The van der Waals surface area contributed by atoms with Crippen LogP contribution in [0.5, 0.6) is 17.2 Å².